The maximum absolute atomic E-state index is 9.24. The maximum Gasteiger partial charge on any atom is 0.317 e. The molecule has 3 N–H and O–H groups in total. The van der Waals surface area contributed by atoms with Gasteiger partial charge in [-0.2, -0.15) is 0 Å². The molecule has 0 amide bonds. The summed E-state index contributed by atoms with van der Waals surface area (Å²) in [5.74, 6) is -0.968. The first kappa shape index (κ1) is 38.0. The van der Waals surface area contributed by atoms with Crippen molar-refractivity contribution in [3.63, 3.8) is 0 Å². The van der Waals surface area contributed by atoms with Crippen molar-refractivity contribution < 1.29 is 9.90 Å². The fourth-order valence-electron chi connectivity index (χ4n) is 0. The van der Waals surface area contributed by atoms with Crippen molar-refractivity contribution in [1.29, 1.82) is 0 Å². The number of hydrogen-bond donors (Lipinski definition) is 2. The quantitative estimate of drug-likeness (QED) is 0.661. The molecule has 0 aliphatic carbocycles. The lowest BCUT2D eigenvalue weighted by Crippen LogP contribution is -2.10. The smallest absolute Gasteiger partial charge is 0.317 e. The van der Waals surface area contributed by atoms with E-state index in [1.54, 1.807) is 0 Å². The Morgan fingerprint density at radius 3 is 0.867 bits per heavy atom. The lowest BCUT2D eigenvalue weighted by atomic mass is 10.7. The van der Waals surface area contributed by atoms with E-state index in [1.807, 2.05) is 0 Å². The van der Waals surface area contributed by atoms with Crippen molar-refractivity contribution in [2.45, 2.75) is 0 Å². The van der Waals surface area contributed by atoms with Crippen LogP contribution in [0.1, 0.15) is 0 Å². The Hall–Kier alpha value is -1.87. The van der Waals surface area contributed by atoms with Crippen molar-refractivity contribution >= 4 is 5.97 Å². The molecule has 0 saturated heterocycles. The molecule has 3 nitrogen and oxygen atoms in total. The van der Waals surface area contributed by atoms with Crippen molar-refractivity contribution in [2.24, 2.45) is 5.73 Å². The summed E-state index contributed by atoms with van der Waals surface area (Å²) < 4.78 is 0. The third kappa shape index (κ3) is 73700. The van der Waals surface area contributed by atoms with Crippen LogP contribution in [0, 0.1) is 0 Å². The highest BCUT2D eigenvalue weighted by Gasteiger charge is 1.81. The zero-order chi connectivity index (χ0) is 14.3. The van der Waals surface area contributed by atoms with Gasteiger partial charge in [0.05, 0.1) is 6.54 Å². The first-order chi connectivity index (χ1) is 7.27. The van der Waals surface area contributed by atoms with Gasteiger partial charge in [0.1, 0.15) is 0 Å². The monoisotopic (exact) mass is 215 g/mol. The Balaban J connectivity index is -0.0000000177. The Kier molecular flexibility index (Phi) is 839. The highest BCUT2D eigenvalue weighted by molar-refractivity contribution is 5.68. The predicted molar refractivity (Wildman–Crippen MR) is 73.0 cm³/mol. The highest BCUT2D eigenvalue weighted by Crippen LogP contribution is 1.43. The number of nitrogens with two attached hydrogens (primary N) is 1. The Bertz CT molecular complexity index is 84.0. The number of rotatable bonds is 1. The summed E-state index contributed by atoms with van der Waals surface area (Å²) in [6.45, 7) is 29.7. The van der Waals surface area contributed by atoms with Crippen molar-refractivity contribution in [1.82, 2.24) is 0 Å². The summed E-state index contributed by atoms with van der Waals surface area (Å²) in [5.41, 5.74) is 4.57. The fraction of sp³-hybridized carbons (Fsp3) is 0.0833. The zero-order valence-electron chi connectivity index (χ0n) is 9.71. The molecule has 0 atom stereocenters. The number of aliphatic carboxylic acids is 1. The average Bonchev–Trinajstić information content (AvgIpc) is 2.41. The predicted octanol–water partition coefficient (Wildman–Crippen LogP) is 3.04. The van der Waals surface area contributed by atoms with Crippen molar-refractivity contribution in [3.05, 3.63) is 65.8 Å². The van der Waals surface area contributed by atoms with Crippen LogP contribution in [0.2, 0.25) is 0 Å². The summed E-state index contributed by atoms with van der Waals surface area (Å²) in [6.07, 6.45) is 0. The second-order valence-corrected chi connectivity index (χ2v) is 0.598. The van der Waals surface area contributed by atoms with E-state index in [-0.39, 0.29) is 6.54 Å². The third-order valence-electron chi connectivity index (χ3n) is 0.175. The van der Waals surface area contributed by atoms with Crippen LogP contribution in [0.3, 0.4) is 0 Å². The van der Waals surface area contributed by atoms with E-state index < -0.39 is 5.97 Å². The molecule has 0 aliphatic heterocycles. The van der Waals surface area contributed by atoms with Gasteiger partial charge in [0.25, 0.3) is 0 Å². The van der Waals surface area contributed by atoms with Gasteiger partial charge in [-0.05, 0) is 0 Å². The number of carboxylic acids is 1. The minimum Gasteiger partial charge on any atom is -0.480 e. The lowest BCUT2D eigenvalue weighted by molar-refractivity contribution is -0.135. The maximum atomic E-state index is 9.24. The van der Waals surface area contributed by atoms with Crippen LogP contribution in [0.5, 0.6) is 0 Å². The van der Waals surface area contributed by atoms with Crippen molar-refractivity contribution in [3.8, 4) is 0 Å². The molecule has 90 valence electrons. The van der Waals surface area contributed by atoms with Crippen molar-refractivity contribution in [2.75, 3.05) is 6.54 Å². The third-order valence-corrected chi connectivity index (χ3v) is 0.175. The van der Waals surface area contributed by atoms with E-state index in [0.717, 1.165) is 0 Å². The molecule has 0 aromatic rings. The molecule has 0 heterocycles. The van der Waals surface area contributed by atoms with E-state index in [0.29, 0.717) is 0 Å². The molecule has 0 rings (SSSR count). The van der Waals surface area contributed by atoms with E-state index in [2.05, 4.69) is 71.5 Å². The van der Waals surface area contributed by atoms with Gasteiger partial charge in [-0.25, -0.2) is 0 Å². The highest BCUT2D eigenvalue weighted by atomic mass is 16.4. The first-order valence-electron chi connectivity index (χ1n) is 3.69. The van der Waals surface area contributed by atoms with Crippen LogP contribution in [0.25, 0.3) is 0 Å². The fourth-order valence-corrected chi connectivity index (χ4v) is 0. The van der Waals surface area contributed by atoms with Crippen LogP contribution >= 0.6 is 0 Å². The Morgan fingerprint density at radius 2 is 0.867 bits per heavy atom. The van der Waals surface area contributed by atoms with E-state index in [1.165, 1.54) is 0 Å². The second-order valence-electron chi connectivity index (χ2n) is 0.598. The van der Waals surface area contributed by atoms with Crippen LogP contribution in [-0.2, 0) is 4.79 Å². The molecular formula is C12H25NO2. The zero-order valence-corrected chi connectivity index (χ0v) is 9.71. The van der Waals surface area contributed by atoms with Gasteiger partial charge in [-0.1, -0.05) is 0 Å². The molecule has 0 spiro atoms. The second kappa shape index (κ2) is 331. The topological polar surface area (TPSA) is 63.3 Å². The normalized spacial score (nSPS) is 3.80. The first-order valence-corrected chi connectivity index (χ1v) is 3.69. The summed E-state index contributed by atoms with van der Waals surface area (Å²) >= 11 is 0. The molecule has 0 aliphatic rings. The summed E-state index contributed by atoms with van der Waals surface area (Å²) in [5, 5.41) is 7.60. The lowest BCUT2D eigenvalue weighted by Gasteiger charge is -1.73. The largest absolute Gasteiger partial charge is 0.480 e. The van der Waals surface area contributed by atoms with Gasteiger partial charge in [0.15, 0.2) is 0 Å². The molecule has 15 heavy (non-hydrogen) atoms. The Labute approximate surface area is 94.6 Å². The SMILES string of the molecule is C=C.C=C.C=C.C=C.C=C.NCC(=O)O. The molecule has 0 bridgehead atoms. The molecular weight excluding hydrogens is 190 g/mol. The van der Waals surface area contributed by atoms with Gasteiger partial charge < -0.3 is 10.8 Å². The number of carbonyl (C=O) groups is 1. The van der Waals surface area contributed by atoms with Gasteiger partial charge in [0, 0.05) is 0 Å². The molecule has 0 radical (unpaired) electrons. The summed E-state index contributed by atoms with van der Waals surface area (Å²) in [6, 6.07) is 0. The number of carboxylic acid groups (broad SMARTS) is 1. The van der Waals surface area contributed by atoms with Crippen LogP contribution < -0.4 is 5.73 Å². The van der Waals surface area contributed by atoms with E-state index in [9.17, 15) is 4.79 Å². The summed E-state index contributed by atoms with van der Waals surface area (Å²) in [7, 11) is 0. The molecule has 0 aromatic heterocycles. The average molecular weight is 215 g/mol. The van der Waals surface area contributed by atoms with Crippen LogP contribution in [0.4, 0.5) is 0 Å². The number of hydrogen-bond acceptors (Lipinski definition) is 2. The molecule has 3 heteroatoms. The molecule has 0 unspecified atom stereocenters. The molecule has 0 saturated carbocycles. The van der Waals surface area contributed by atoms with Gasteiger partial charge in [-0.3, -0.25) is 4.79 Å². The molecule has 0 fully saturated rings. The standard InChI is InChI=1S/C2H5NO2.5C2H4/c3-1-2(4)5;5*1-2/h1,3H2,(H,4,5);5*1-2H2. The van der Waals surface area contributed by atoms with Crippen LogP contribution in [-0.4, -0.2) is 17.6 Å². The van der Waals surface area contributed by atoms with Gasteiger partial charge >= 0.3 is 5.97 Å². The van der Waals surface area contributed by atoms with E-state index in [4.69, 9.17) is 5.11 Å². The van der Waals surface area contributed by atoms with Gasteiger partial charge in [0.2, 0.25) is 0 Å². The molecule has 0 aromatic carbocycles. The van der Waals surface area contributed by atoms with Crippen LogP contribution in [0.15, 0.2) is 65.8 Å². The van der Waals surface area contributed by atoms with Gasteiger partial charge in [-0.15, -0.1) is 65.8 Å². The minimum atomic E-state index is -0.968. The Morgan fingerprint density at radius 1 is 0.800 bits per heavy atom. The van der Waals surface area contributed by atoms with E-state index >= 15 is 0 Å². The minimum absolute atomic E-state index is 0.278. The summed E-state index contributed by atoms with van der Waals surface area (Å²) in [4.78, 5) is 9.24.